The van der Waals surface area contributed by atoms with Crippen LogP contribution in [0.15, 0.2) is 0 Å². The van der Waals surface area contributed by atoms with E-state index >= 15 is 0 Å². The lowest BCUT2D eigenvalue weighted by molar-refractivity contribution is -0.291. The third-order valence-electron chi connectivity index (χ3n) is 3.39. The van der Waals surface area contributed by atoms with Gasteiger partial charge in [-0.25, -0.2) is 0 Å². The quantitative estimate of drug-likeness (QED) is 0.789. The third kappa shape index (κ3) is 2.76. The van der Waals surface area contributed by atoms with Crippen LogP contribution in [0.2, 0.25) is 0 Å². The first kappa shape index (κ1) is 12.3. The summed E-state index contributed by atoms with van der Waals surface area (Å²) < 4.78 is 12.0. The minimum Gasteiger partial charge on any atom is -0.393 e. The van der Waals surface area contributed by atoms with Crippen molar-refractivity contribution < 1.29 is 14.6 Å². The number of hydrogen-bond acceptors (Lipinski definition) is 3. The van der Waals surface area contributed by atoms with E-state index in [2.05, 4.69) is 20.8 Å². The van der Waals surface area contributed by atoms with E-state index in [0.29, 0.717) is 0 Å². The van der Waals surface area contributed by atoms with Crippen LogP contribution >= 0.6 is 0 Å². The van der Waals surface area contributed by atoms with Crippen molar-refractivity contribution >= 4 is 0 Å². The zero-order chi connectivity index (χ0) is 12.0. The Labute approximate surface area is 98.1 Å². The minimum atomic E-state index is -0.292. The van der Waals surface area contributed by atoms with Gasteiger partial charge in [0.25, 0.3) is 0 Å². The molecule has 3 heteroatoms. The summed E-state index contributed by atoms with van der Waals surface area (Å²) in [6.07, 6.45) is 3.70. The number of ether oxygens (including phenoxy) is 2. The van der Waals surface area contributed by atoms with Crippen molar-refractivity contribution in [2.45, 2.75) is 77.5 Å². The number of aliphatic hydroxyl groups is 1. The molecule has 3 nitrogen and oxygen atoms in total. The second-order valence-corrected chi connectivity index (χ2v) is 6.55. The van der Waals surface area contributed by atoms with E-state index in [1.807, 2.05) is 6.92 Å². The molecule has 2 fully saturated rings. The lowest BCUT2D eigenvalue weighted by Crippen LogP contribution is -2.46. The van der Waals surface area contributed by atoms with Crippen LogP contribution in [0.25, 0.3) is 0 Å². The lowest BCUT2D eigenvalue weighted by atomic mass is 9.93. The fourth-order valence-electron chi connectivity index (χ4n) is 2.30. The molecule has 1 N–H and O–H groups in total. The van der Waals surface area contributed by atoms with Crippen LogP contribution < -0.4 is 0 Å². The highest BCUT2D eigenvalue weighted by molar-refractivity contribution is 5.01. The first-order valence-corrected chi connectivity index (χ1v) is 6.32. The largest absolute Gasteiger partial charge is 0.393 e. The van der Waals surface area contributed by atoms with E-state index in [0.717, 1.165) is 25.7 Å². The fourth-order valence-corrected chi connectivity index (χ4v) is 2.30. The number of aliphatic hydroxyl groups excluding tert-OH is 1. The molecule has 94 valence electrons. The zero-order valence-electron chi connectivity index (χ0n) is 10.8. The molecule has 2 aliphatic rings. The van der Waals surface area contributed by atoms with Gasteiger partial charge in [0, 0.05) is 11.8 Å². The molecule has 1 saturated heterocycles. The second-order valence-electron chi connectivity index (χ2n) is 6.55. The second kappa shape index (κ2) is 3.97. The third-order valence-corrected chi connectivity index (χ3v) is 3.39. The maximum absolute atomic E-state index is 9.46. The van der Waals surface area contributed by atoms with Crippen LogP contribution in [0.4, 0.5) is 0 Å². The van der Waals surface area contributed by atoms with E-state index in [1.54, 1.807) is 0 Å². The summed E-state index contributed by atoms with van der Waals surface area (Å²) in [5.74, 6) is 0. The molecule has 3 atom stereocenters. The molecule has 1 spiro atoms. The molecule has 1 aliphatic carbocycles. The van der Waals surface area contributed by atoms with E-state index in [4.69, 9.17) is 9.47 Å². The lowest BCUT2D eigenvalue weighted by Gasteiger charge is -2.42. The Hall–Kier alpha value is -0.120. The fraction of sp³-hybridized carbons (Fsp3) is 1.00. The Morgan fingerprint density at radius 3 is 2.44 bits per heavy atom. The molecule has 0 radical (unpaired) electrons. The molecule has 3 unspecified atom stereocenters. The standard InChI is InChI=1S/C13H24O3/c1-9(14)7-10-8-13(5-6-13)16-11(15-10)12(2,3)4/h9-11,14H,5-8H2,1-4H3. The van der Waals surface area contributed by atoms with Gasteiger partial charge in [-0.2, -0.15) is 0 Å². The van der Waals surface area contributed by atoms with E-state index in [9.17, 15) is 5.11 Å². The van der Waals surface area contributed by atoms with Crippen molar-refractivity contribution in [1.82, 2.24) is 0 Å². The Bertz CT molecular complexity index is 250. The van der Waals surface area contributed by atoms with Gasteiger partial charge in [0.15, 0.2) is 6.29 Å². The van der Waals surface area contributed by atoms with Gasteiger partial charge in [0.05, 0.1) is 17.8 Å². The van der Waals surface area contributed by atoms with Gasteiger partial charge in [0.1, 0.15) is 0 Å². The van der Waals surface area contributed by atoms with Crippen LogP contribution in [0.5, 0.6) is 0 Å². The SMILES string of the molecule is CC(O)CC1CC2(CC2)OC(C(C)(C)C)O1. The van der Waals surface area contributed by atoms with Crippen molar-refractivity contribution in [2.75, 3.05) is 0 Å². The van der Waals surface area contributed by atoms with E-state index < -0.39 is 0 Å². The summed E-state index contributed by atoms with van der Waals surface area (Å²) in [5.41, 5.74) is 0.0860. The highest BCUT2D eigenvalue weighted by Gasteiger charge is 2.53. The monoisotopic (exact) mass is 228 g/mol. The van der Waals surface area contributed by atoms with Crippen LogP contribution in [-0.2, 0) is 9.47 Å². The van der Waals surface area contributed by atoms with Crippen molar-refractivity contribution in [2.24, 2.45) is 5.41 Å². The maximum Gasteiger partial charge on any atom is 0.163 e. The Kier molecular flexibility index (Phi) is 3.06. The molecule has 16 heavy (non-hydrogen) atoms. The summed E-state index contributed by atoms with van der Waals surface area (Å²) in [4.78, 5) is 0. The molecule has 1 saturated carbocycles. The molecular formula is C13H24O3. The first-order chi connectivity index (χ1) is 7.31. The minimum absolute atomic E-state index is 0.00690. The summed E-state index contributed by atoms with van der Waals surface area (Å²) in [6, 6.07) is 0. The van der Waals surface area contributed by atoms with Gasteiger partial charge in [-0.3, -0.25) is 0 Å². The molecule has 1 heterocycles. The number of hydrogen-bond donors (Lipinski definition) is 1. The van der Waals surface area contributed by atoms with Gasteiger partial charge >= 0.3 is 0 Å². The van der Waals surface area contributed by atoms with Crippen LogP contribution in [0, 0.1) is 5.41 Å². The van der Waals surface area contributed by atoms with Crippen LogP contribution in [0.1, 0.15) is 53.4 Å². The topological polar surface area (TPSA) is 38.7 Å². The molecular weight excluding hydrogens is 204 g/mol. The molecule has 0 bridgehead atoms. The van der Waals surface area contributed by atoms with Gasteiger partial charge < -0.3 is 14.6 Å². The predicted octanol–water partition coefficient (Wildman–Crippen LogP) is 2.47. The molecule has 0 aromatic heterocycles. The van der Waals surface area contributed by atoms with Gasteiger partial charge in [-0.15, -0.1) is 0 Å². The van der Waals surface area contributed by atoms with Crippen molar-refractivity contribution in [3.8, 4) is 0 Å². The Morgan fingerprint density at radius 1 is 1.38 bits per heavy atom. The van der Waals surface area contributed by atoms with Gasteiger partial charge in [-0.05, 0) is 26.2 Å². The summed E-state index contributed by atoms with van der Waals surface area (Å²) in [7, 11) is 0. The molecule has 0 aromatic rings. The predicted molar refractivity (Wildman–Crippen MR) is 62.1 cm³/mol. The molecule has 1 aliphatic heterocycles. The van der Waals surface area contributed by atoms with Crippen molar-refractivity contribution in [1.29, 1.82) is 0 Å². The van der Waals surface area contributed by atoms with Crippen molar-refractivity contribution in [3.63, 3.8) is 0 Å². The average Bonchev–Trinajstić information content (AvgIpc) is 2.80. The molecule has 0 aromatic carbocycles. The van der Waals surface area contributed by atoms with E-state index in [-0.39, 0.29) is 29.5 Å². The summed E-state index contributed by atoms with van der Waals surface area (Å²) in [5, 5.41) is 9.46. The zero-order valence-corrected chi connectivity index (χ0v) is 10.8. The average molecular weight is 228 g/mol. The highest BCUT2D eigenvalue weighted by Crippen LogP contribution is 2.50. The van der Waals surface area contributed by atoms with Crippen molar-refractivity contribution in [3.05, 3.63) is 0 Å². The summed E-state index contributed by atoms with van der Waals surface area (Å²) >= 11 is 0. The number of rotatable bonds is 2. The normalized spacial score (nSPS) is 35.1. The maximum atomic E-state index is 9.46. The molecule has 2 rings (SSSR count). The van der Waals surface area contributed by atoms with E-state index in [1.165, 1.54) is 0 Å². The van der Waals surface area contributed by atoms with Crippen LogP contribution in [-0.4, -0.2) is 29.2 Å². The summed E-state index contributed by atoms with van der Waals surface area (Å²) in [6.45, 7) is 8.24. The highest BCUT2D eigenvalue weighted by atomic mass is 16.7. The Balaban J connectivity index is 2.01. The van der Waals surface area contributed by atoms with Gasteiger partial charge in [-0.1, -0.05) is 20.8 Å². The Morgan fingerprint density at radius 2 is 2.00 bits per heavy atom. The first-order valence-electron chi connectivity index (χ1n) is 6.32. The van der Waals surface area contributed by atoms with Crippen LogP contribution in [0.3, 0.4) is 0 Å². The smallest absolute Gasteiger partial charge is 0.163 e. The van der Waals surface area contributed by atoms with Gasteiger partial charge in [0.2, 0.25) is 0 Å². The molecule has 0 amide bonds.